The van der Waals surface area contributed by atoms with Gasteiger partial charge in [-0.05, 0) is 13.8 Å². The quantitative estimate of drug-likeness (QED) is 0.476. The second kappa shape index (κ2) is 77.8. The predicted octanol–water partition coefficient (Wildman–Crippen LogP) is 5.22. The van der Waals surface area contributed by atoms with E-state index < -0.39 is 0 Å². The third-order valence-corrected chi connectivity index (χ3v) is 0.496. The molecule has 0 radical (unpaired) electrons. The summed E-state index contributed by atoms with van der Waals surface area (Å²) in [6.45, 7) is 16.0. The first-order valence-electron chi connectivity index (χ1n) is 5.15. The molecule has 0 heterocycles. The minimum atomic E-state index is 2.00. The fourth-order valence-corrected chi connectivity index (χ4v) is 0.222. The highest BCUT2D eigenvalue weighted by molar-refractivity contribution is 4.98. The summed E-state index contributed by atoms with van der Waals surface area (Å²) in [6, 6.07) is 0. The highest BCUT2D eigenvalue weighted by atomic mass is 13.6. The maximum Gasteiger partial charge on any atom is -0.0467 e. The van der Waals surface area contributed by atoms with Gasteiger partial charge in [0, 0.05) is 0 Å². The largest absolute Gasteiger partial charge is 0.0877 e. The lowest BCUT2D eigenvalue weighted by Gasteiger charge is -1.62. The molecule has 0 N–H and O–H groups in total. The molecule has 0 heteroatoms. The Morgan fingerprint density at radius 1 is 0.500 bits per heavy atom. The van der Waals surface area contributed by atoms with Crippen molar-refractivity contribution < 1.29 is 0 Å². The van der Waals surface area contributed by atoms with Crippen LogP contribution in [0.15, 0.2) is 24.3 Å². The van der Waals surface area contributed by atoms with E-state index in [9.17, 15) is 0 Å². The van der Waals surface area contributed by atoms with Crippen molar-refractivity contribution in [3.05, 3.63) is 24.3 Å². The molecule has 0 saturated carbocycles. The summed E-state index contributed by atoms with van der Waals surface area (Å²) in [6.07, 6.45) is 8.00. The Labute approximate surface area is 80.4 Å². The third-order valence-electron chi connectivity index (χ3n) is 0.496. The van der Waals surface area contributed by atoms with Crippen LogP contribution < -0.4 is 0 Å². The van der Waals surface area contributed by atoms with E-state index >= 15 is 0 Å². The number of hydrogen-bond donors (Lipinski definition) is 0. The Balaban J connectivity index is -0.0000000453. The average Bonchev–Trinajstić information content (AvgIpc) is 2.24. The number of hydrogen-bond acceptors (Lipinski definition) is 0. The Hall–Kier alpha value is -0.520. The Morgan fingerprint density at radius 2 is 0.667 bits per heavy atom. The van der Waals surface area contributed by atoms with Crippen LogP contribution in [0.5, 0.6) is 0 Å². The molecule has 0 bridgehead atoms. The van der Waals surface area contributed by atoms with Crippen LogP contribution >= 0.6 is 0 Å². The van der Waals surface area contributed by atoms with Gasteiger partial charge in [0.25, 0.3) is 0 Å². The minimum Gasteiger partial charge on any atom is -0.0877 e. The summed E-state index contributed by atoms with van der Waals surface area (Å²) in [7, 11) is 0. The SMILES string of the molecule is C/C=C\C=C/C.CC.CC.CC. The van der Waals surface area contributed by atoms with Gasteiger partial charge in [-0.15, -0.1) is 0 Å². The van der Waals surface area contributed by atoms with E-state index in [1.54, 1.807) is 0 Å². The second-order valence-electron chi connectivity index (χ2n) is 1.05. The fourth-order valence-electron chi connectivity index (χ4n) is 0.222. The van der Waals surface area contributed by atoms with E-state index in [-0.39, 0.29) is 0 Å². The topological polar surface area (TPSA) is 0 Å². The van der Waals surface area contributed by atoms with Gasteiger partial charge in [-0.3, -0.25) is 0 Å². The summed E-state index contributed by atoms with van der Waals surface area (Å²) >= 11 is 0. The molecule has 0 rings (SSSR count). The van der Waals surface area contributed by atoms with E-state index in [0.29, 0.717) is 0 Å². The first-order valence-corrected chi connectivity index (χ1v) is 5.15. The zero-order valence-electron chi connectivity index (χ0n) is 10.3. The van der Waals surface area contributed by atoms with Gasteiger partial charge in [0.05, 0.1) is 0 Å². The second-order valence-corrected chi connectivity index (χ2v) is 1.05. The van der Waals surface area contributed by atoms with Crippen molar-refractivity contribution in [2.24, 2.45) is 0 Å². The zero-order valence-corrected chi connectivity index (χ0v) is 10.3. The van der Waals surface area contributed by atoms with Gasteiger partial charge in [-0.1, -0.05) is 65.8 Å². The number of allylic oxidation sites excluding steroid dienone is 4. The lowest BCUT2D eigenvalue weighted by molar-refractivity contribution is 1.50. The molecule has 12 heavy (non-hydrogen) atoms. The molecule has 0 saturated heterocycles. The zero-order chi connectivity index (χ0) is 10.8. The van der Waals surface area contributed by atoms with E-state index in [1.165, 1.54) is 0 Å². The summed E-state index contributed by atoms with van der Waals surface area (Å²) in [5.41, 5.74) is 0. The average molecular weight is 172 g/mol. The summed E-state index contributed by atoms with van der Waals surface area (Å²) in [4.78, 5) is 0. The van der Waals surface area contributed by atoms with Crippen molar-refractivity contribution in [3.8, 4) is 0 Å². The maximum atomic E-state index is 2.00. The number of rotatable bonds is 1. The van der Waals surface area contributed by atoms with E-state index in [2.05, 4.69) is 0 Å². The first-order chi connectivity index (χ1) is 5.91. The van der Waals surface area contributed by atoms with Gasteiger partial charge < -0.3 is 0 Å². The predicted molar refractivity (Wildman–Crippen MR) is 63.7 cm³/mol. The van der Waals surface area contributed by atoms with Crippen molar-refractivity contribution in [1.29, 1.82) is 0 Å². The molecule has 0 aromatic heterocycles. The molecule has 0 aliphatic heterocycles. The molecule has 0 aromatic carbocycles. The van der Waals surface area contributed by atoms with Crippen molar-refractivity contribution in [2.45, 2.75) is 55.4 Å². The monoisotopic (exact) mass is 172 g/mol. The Bertz CT molecular complexity index is 48.4. The Kier molecular flexibility index (Phi) is 146. The van der Waals surface area contributed by atoms with Crippen LogP contribution in [0.25, 0.3) is 0 Å². The van der Waals surface area contributed by atoms with Crippen LogP contribution in [-0.4, -0.2) is 0 Å². The molecular weight excluding hydrogens is 144 g/mol. The van der Waals surface area contributed by atoms with Crippen LogP contribution in [0.4, 0.5) is 0 Å². The van der Waals surface area contributed by atoms with Crippen LogP contribution in [-0.2, 0) is 0 Å². The van der Waals surface area contributed by atoms with Gasteiger partial charge in [0.1, 0.15) is 0 Å². The summed E-state index contributed by atoms with van der Waals surface area (Å²) < 4.78 is 0. The molecule has 0 nitrogen and oxygen atoms in total. The highest BCUT2D eigenvalue weighted by Gasteiger charge is 1.48. The van der Waals surface area contributed by atoms with E-state index in [0.717, 1.165) is 0 Å². The molecule has 0 amide bonds. The van der Waals surface area contributed by atoms with Crippen LogP contribution in [0.2, 0.25) is 0 Å². The van der Waals surface area contributed by atoms with E-state index in [4.69, 9.17) is 0 Å². The maximum absolute atomic E-state index is 2.00. The van der Waals surface area contributed by atoms with Gasteiger partial charge in [0.15, 0.2) is 0 Å². The van der Waals surface area contributed by atoms with Crippen molar-refractivity contribution >= 4 is 0 Å². The van der Waals surface area contributed by atoms with Crippen molar-refractivity contribution in [2.75, 3.05) is 0 Å². The fraction of sp³-hybridized carbons (Fsp3) is 0.667. The van der Waals surface area contributed by atoms with Crippen molar-refractivity contribution in [3.63, 3.8) is 0 Å². The summed E-state index contributed by atoms with van der Waals surface area (Å²) in [5, 5.41) is 0. The third kappa shape index (κ3) is 111. The molecule has 0 fully saturated rings. The molecule has 0 atom stereocenters. The summed E-state index contributed by atoms with van der Waals surface area (Å²) in [5.74, 6) is 0. The lowest BCUT2D eigenvalue weighted by Crippen LogP contribution is -1.40. The van der Waals surface area contributed by atoms with Gasteiger partial charge in [-0.2, -0.15) is 0 Å². The molecule has 0 spiro atoms. The molecule has 0 aromatic rings. The molecular formula is C12H28. The normalized spacial score (nSPS) is 7.33. The minimum absolute atomic E-state index is 2.00. The van der Waals surface area contributed by atoms with E-state index in [1.807, 2.05) is 79.7 Å². The Morgan fingerprint density at radius 3 is 0.750 bits per heavy atom. The van der Waals surface area contributed by atoms with Gasteiger partial charge in [0.2, 0.25) is 0 Å². The lowest BCUT2D eigenvalue weighted by atomic mass is 10.5. The molecule has 76 valence electrons. The van der Waals surface area contributed by atoms with Gasteiger partial charge in [-0.25, -0.2) is 0 Å². The van der Waals surface area contributed by atoms with Gasteiger partial charge >= 0.3 is 0 Å². The van der Waals surface area contributed by atoms with Crippen LogP contribution in [0, 0.1) is 0 Å². The smallest absolute Gasteiger partial charge is 0.0467 e. The molecule has 0 aliphatic carbocycles. The molecule has 0 unspecified atom stereocenters. The van der Waals surface area contributed by atoms with Crippen molar-refractivity contribution in [1.82, 2.24) is 0 Å². The highest BCUT2D eigenvalue weighted by Crippen LogP contribution is 1.71. The first kappa shape index (κ1) is 22.5. The van der Waals surface area contributed by atoms with Crippen LogP contribution in [0.1, 0.15) is 55.4 Å². The van der Waals surface area contributed by atoms with Crippen LogP contribution in [0.3, 0.4) is 0 Å². The standard InChI is InChI=1S/C6H10.3C2H6/c1-3-5-6-4-2;3*1-2/h3-6H,1-2H3;3*1-2H3/b5-3-,6-4-;;;. The molecule has 0 aliphatic rings.